The number of benzene rings is 1. The molecule has 1 N–H and O–H groups in total. The third-order valence-corrected chi connectivity index (χ3v) is 2.80. The minimum atomic E-state index is 0.358. The van der Waals surface area contributed by atoms with Crippen LogP contribution in [-0.4, -0.2) is 9.97 Å². The zero-order valence-corrected chi connectivity index (χ0v) is 10.9. The normalized spacial score (nSPS) is 9.89. The minimum absolute atomic E-state index is 0.358. The van der Waals surface area contributed by atoms with Crippen LogP contribution >= 0.6 is 0 Å². The zero-order chi connectivity index (χ0) is 13.5. The molecule has 0 aliphatic heterocycles. The molecular weight excluding hydrogens is 236 g/mol. The number of aromatic nitrogens is 2. The molecule has 1 aromatic heterocycles. The summed E-state index contributed by atoms with van der Waals surface area (Å²) in [6, 6.07) is 11.8. The molecule has 0 saturated carbocycles. The lowest BCUT2D eigenvalue weighted by Crippen LogP contribution is -1.98. The maximum absolute atomic E-state index is 8.78. The number of unbranched alkanes of at least 4 members (excludes halogenated alkanes) is 1. The van der Waals surface area contributed by atoms with E-state index in [0.717, 1.165) is 12.1 Å². The van der Waals surface area contributed by atoms with Gasteiger partial charge in [-0.2, -0.15) is 5.26 Å². The SMILES string of the molecule is CCCCc1ccc(Nc2nccc(C#N)n2)cc1. The van der Waals surface area contributed by atoms with Crippen LogP contribution in [0.5, 0.6) is 0 Å². The van der Waals surface area contributed by atoms with E-state index in [-0.39, 0.29) is 0 Å². The molecule has 1 aromatic carbocycles. The Morgan fingerprint density at radius 1 is 1.21 bits per heavy atom. The maximum atomic E-state index is 8.78. The molecule has 4 heteroatoms. The van der Waals surface area contributed by atoms with Gasteiger partial charge in [0, 0.05) is 11.9 Å². The van der Waals surface area contributed by atoms with Crippen molar-refractivity contribution in [2.75, 3.05) is 5.32 Å². The molecule has 2 aromatic rings. The first-order valence-electron chi connectivity index (χ1n) is 6.41. The molecule has 0 spiro atoms. The lowest BCUT2D eigenvalue weighted by Gasteiger charge is -2.06. The number of anilines is 2. The predicted octanol–water partition coefficient (Wildman–Crippen LogP) is 3.43. The van der Waals surface area contributed by atoms with E-state index < -0.39 is 0 Å². The Morgan fingerprint density at radius 3 is 2.68 bits per heavy atom. The molecule has 0 radical (unpaired) electrons. The molecular formula is C15H16N4. The van der Waals surface area contributed by atoms with Gasteiger partial charge in [-0.3, -0.25) is 0 Å². The van der Waals surface area contributed by atoms with Crippen LogP contribution in [-0.2, 0) is 6.42 Å². The Balaban J connectivity index is 2.04. The fourth-order valence-corrected chi connectivity index (χ4v) is 1.75. The van der Waals surface area contributed by atoms with Gasteiger partial charge < -0.3 is 5.32 Å². The van der Waals surface area contributed by atoms with Gasteiger partial charge in [0.05, 0.1) is 0 Å². The van der Waals surface area contributed by atoms with Crippen LogP contribution in [0.1, 0.15) is 31.0 Å². The van der Waals surface area contributed by atoms with Crippen molar-refractivity contribution in [3.63, 3.8) is 0 Å². The highest BCUT2D eigenvalue weighted by Gasteiger charge is 2.00. The molecule has 0 bridgehead atoms. The summed E-state index contributed by atoms with van der Waals surface area (Å²) in [5.74, 6) is 0.445. The number of hydrogen-bond acceptors (Lipinski definition) is 4. The van der Waals surface area contributed by atoms with Gasteiger partial charge in [-0.1, -0.05) is 25.5 Å². The topological polar surface area (TPSA) is 61.6 Å². The largest absolute Gasteiger partial charge is 0.324 e. The number of rotatable bonds is 5. The van der Waals surface area contributed by atoms with Crippen molar-refractivity contribution in [1.29, 1.82) is 5.26 Å². The first-order chi connectivity index (χ1) is 9.31. The molecule has 0 amide bonds. The fourth-order valence-electron chi connectivity index (χ4n) is 1.75. The summed E-state index contributed by atoms with van der Waals surface area (Å²) in [4.78, 5) is 8.16. The zero-order valence-electron chi connectivity index (χ0n) is 10.9. The summed E-state index contributed by atoms with van der Waals surface area (Å²) in [6.45, 7) is 2.19. The van der Waals surface area contributed by atoms with Crippen molar-refractivity contribution < 1.29 is 0 Å². The highest BCUT2D eigenvalue weighted by atomic mass is 15.1. The van der Waals surface area contributed by atoms with Crippen molar-refractivity contribution in [2.24, 2.45) is 0 Å². The van der Waals surface area contributed by atoms with Crippen LogP contribution in [0, 0.1) is 11.3 Å². The molecule has 2 rings (SSSR count). The quantitative estimate of drug-likeness (QED) is 0.885. The van der Waals surface area contributed by atoms with Crippen LogP contribution in [0.25, 0.3) is 0 Å². The number of aryl methyl sites for hydroxylation is 1. The molecule has 0 atom stereocenters. The van der Waals surface area contributed by atoms with E-state index in [0.29, 0.717) is 11.6 Å². The average molecular weight is 252 g/mol. The molecule has 96 valence electrons. The Labute approximate surface area is 113 Å². The van der Waals surface area contributed by atoms with E-state index in [1.54, 1.807) is 12.3 Å². The van der Waals surface area contributed by atoms with Gasteiger partial charge in [0.2, 0.25) is 5.95 Å². The molecule has 0 unspecified atom stereocenters. The molecule has 0 fully saturated rings. The number of nitrogens with zero attached hydrogens (tertiary/aromatic N) is 3. The van der Waals surface area contributed by atoms with Crippen LogP contribution < -0.4 is 5.32 Å². The first-order valence-corrected chi connectivity index (χ1v) is 6.41. The number of nitrogens with one attached hydrogen (secondary N) is 1. The Hall–Kier alpha value is -2.41. The Kier molecular flexibility index (Phi) is 4.46. The second-order valence-corrected chi connectivity index (χ2v) is 4.30. The van der Waals surface area contributed by atoms with Gasteiger partial charge in [0.15, 0.2) is 0 Å². The van der Waals surface area contributed by atoms with Gasteiger partial charge >= 0.3 is 0 Å². The van der Waals surface area contributed by atoms with Gasteiger partial charge in [-0.25, -0.2) is 9.97 Å². The maximum Gasteiger partial charge on any atom is 0.228 e. The lowest BCUT2D eigenvalue weighted by atomic mass is 10.1. The van der Waals surface area contributed by atoms with Crippen molar-refractivity contribution in [3.05, 3.63) is 47.8 Å². The molecule has 0 saturated heterocycles. The molecule has 19 heavy (non-hydrogen) atoms. The molecule has 0 aliphatic rings. The van der Waals surface area contributed by atoms with E-state index in [1.165, 1.54) is 18.4 Å². The molecule has 0 aliphatic carbocycles. The smallest absolute Gasteiger partial charge is 0.228 e. The predicted molar refractivity (Wildman–Crippen MR) is 75.1 cm³/mol. The first kappa shape index (κ1) is 13.0. The standard InChI is InChI=1S/C15H16N4/c1-2-3-4-12-5-7-13(8-6-12)18-15-17-10-9-14(11-16)19-15/h5-10H,2-4H2,1H3,(H,17,18,19). The van der Waals surface area contributed by atoms with Crippen LogP contribution in [0.15, 0.2) is 36.5 Å². The minimum Gasteiger partial charge on any atom is -0.324 e. The van der Waals surface area contributed by atoms with Crippen LogP contribution in [0.3, 0.4) is 0 Å². The van der Waals surface area contributed by atoms with E-state index in [4.69, 9.17) is 5.26 Å². The summed E-state index contributed by atoms with van der Waals surface area (Å²) in [7, 11) is 0. The van der Waals surface area contributed by atoms with Crippen LogP contribution in [0.4, 0.5) is 11.6 Å². The van der Waals surface area contributed by atoms with E-state index >= 15 is 0 Å². The van der Waals surface area contributed by atoms with Gasteiger partial charge in [0.1, 0.15) is 11.8 Å². The second kappa shape index (κ2) is 6.50. The van der Waals surface area contributed by atoms with Gasteiger partial charge in [0.25, 0.3) is 0 Å². The average Bonchev–Trinajstić information content (AvgIpc) is 2.47. The van der Waals surface area contributed by atoms with Crippen LogP contribution in [0.2, 0.25) is 0 Å². The van der Waals surface area contributed by atoms with Crippen molar-refractivity contribution in [2.45, 2.75) is 26.2 Å². The summed E-state index contributed by atoms with van der Waals surface area (Å²) in [6.07, 6.45) is 5.09. The molecule has 4 nitrogen and oxygen atoms in total. The summed E-state index contributed by atoms with van der Waals surface area (Å²) in [5, 5.41) is 11.9. The fraction of sp³-hybridized carbons (Fsp3) is 0.267. The molecule has 1 heterocycles. The monoisotopic (exact) mass is 252 g/mol. The highest BCUT2D eigenvalue weighted by molar-refractivity contribution is 5.53. The van der Waals surface area contributed by atoms with Gasteiger partial charge in [-0.05, 0) is 36.6 Å². The Morgan fingerprint density at radius 2 is 2.00 bits per heavy atom. The summed E-state index contributed by atoms with van der Waals surface area (Å²) in [5.41, 5.74) is 2.62. The van der Waals surface area contributed by atoms with Crippen molar-refractivity contribution in [3.8, 4) is 6.07 Å². The number of nitriles is 1. The van der Waals surface area contributed by atoms with Gasteiger partial charge in [-0.15, -0.1) is 0 Å². The number of hydrogen-bond donors (Lipinski definition) is 1. The van der Waals surface area contributed by atoms with Crippen molar-refractivity contribution in [1.82, 2.24) is 9.97 Å². The second-order valence-electron chi connectivity index (χ2n) is 4.30. The van der Waals surface area contributed by atoms with E-state index in [2.05, 4.69) is 34.3 Å². The third-order valence-electron chi connectivity index (χ3n) is 2.80. The highest BCUT2D eigenvalue weighted by Crippen LogP contribution is 2.15. The Bertz CT molecular complexity index is 569. The van der Waals surface area contributed by atoms with Crippen molar-refractivity contribution >= 4 is 11.6 Å². The summed E-state index contributed by atoms with van der Waals surface area (Å²) < 4.78 is 0. The lowest BCUT2D eigenvalue weighted by molar-refractivity contribution is 0.795. The van der Waals surface area contributed by atoms with E-state index in [1.807, 2.05) is 18.2 Å². The summed E-state index contributed by atoms with van der Waals surface area (Å²) >= 11 is 0. The van der Waals surface area contributed by atoms with E-state index in [9.17, 15) is 0 Å². The third kappa shape index (κ3) is 3.78.